The van der Waals surface area contributed by atoms with Gasteiger partial charge in [-0.2, -0.15) is 0 Å². The first-order valence-corrected chi connectivity index (χ1v) is 7.96. The zero-order chi connectivity index (χ0) is 15.4. The van der Waals surface area contributed by atoms with Gasteiger partial charge in [-0.1, -0.05) is 31.5 Å². The molecule has 1 amide bonds. The SMILES string of the molecule is CCc1ccc(Cl)c(CC)c1NC(=O)c1cncc(Br)c1. The molecule has 0 unspecified atom stereocenters. The first-order valence-electron chi connectivity index (χ1n) is 6.79. The normalized spacial score (nSPS) is 10.5. The molecule has 0 aliphatic heterocycles. The Labute approximate surface area is 137 Å². The van der Waals surface area contributed by atoms with Crippen LogP contribution in [-0.4, -0.2) is 10.9 Å². The first-order chi connectivity index (χ1) is 10.1. The Hall–Kier alpha value is -1.39. The van der Waals surface area contributed by atoms with Crippen LogP contribution in [0.4, 0.5) is 5.69 Å². The Morgan fingerprint density at radius 2 is 2.05 bits per heavy atom. The van der Waals surface area contributed by atoms with Crippen LogP contribution in [0.1, 0.15) is 35.3 Å². The van der Waals surface area contributed by atoms with Gasteiger partial charge in [-0.15, -0.1) is 0 Å². The van der Waals surface area contributed by atoms with E-state index in [0.717, 1.165) is 34.1 Å². The number of carbonyl (C=O) groups is 1. The molecule has 0 aliphatic rings. The molecule has 5 heteroatoms. The number of carbonyl (C=O) groups excluding carboxylic acids is 1. The second kappa shape index (κ2) is 7.05. The highest BCUT2D eigenvalue weighted by Crippen LogP contribution is 2.30. The minimum atomic E-state index is -0.185. The largest absolute Gasteiger partial charge is 0.321 e. The van der Waals surface area contributed by atoms with Gasteiger partial charge in [0.15, 0.2) is 0 Å². The fraction of sp³-hybridized carbons (Fsp3) is 0.250. The van der Waals surface area contributed by atoms with Crippen LogP contribution >= 0.6 is 27.5 Å². The molecule has 2 rings (SSSR count). The number of benzene rings is 1. The van der Waals surface area contributed by atoms with E-state index < -0.39 is 0 Å². The average Bonchev–Trinajstić information content (AvgIpc) is 2.47. The van der Waals surface area contributed by atoms with Crippen LogP contribution in [0.25, 0.3) is 0 Å². The Morgan fingerprint density at radius 1 is 1.29 bits per heavy atom. The van der Waals surface area contributed by atoms with Crippen LogP contribution in [0.2, 0.25) is 5.02 Å². The van der Waals surface area contributed by atoms with Crippen LogP contribution in [-0.2, 0) is 12.8 Å². The Kier molecular flexibility index (Phi) is 5.37. The van der Waals surface area contributed by atoms with Gasteiger partial charge in [0.25, 0.3) is 5.91 Å². The smallest absolute Gasteiger partial charge is 0.257 e. The van der Waals surface area contributed by atoms with E-state index in [9.17, 15) is 4.79 Å². The van der Waals surface area contributed by atoms with Crippen molar-refractivity contribution in [2.75, 3.05) is 5.32 Å². The molecule has 1 aromatic carbocycles. The van der Waals surface area contributed by atoms with Crippen molar-refractivity contribution in [2.45, 2.75) is 26.7 Å². The molecule has 0 radical (unpaired) electrons. The van der Waals surface area contributed by atoms with Crippen LogP contribution in [0, 0.1) is 0 Å². The summed E-state index contributed by atoms with van der Waals surface area (Å²) in [5.74, 6) is -0.185. The number of hydrogen-bond acceptors (Lipinski definition) is 2. The molecular weight excluding hydrogens is 352 g/mol. The van der Waals surface area contributed by atoms with E-state index in [4.69, 9.17) is 11.6 Å². The summed E-state index contributed by atoms with van der Waals surface area (Å²) in [7, 11) is 0. The van der Waals surface area contributed by atoms with Gasteiger partial charge >= 0.3 is 0 Å². The van der Waals surface area contributed by atoms with Gasteiger partial charge in [0, 0.05) is 27.6 Å². The minimum absolute atomic E-state index is 0.185. The van der Waals surface area contributed by atoms with E-state index in [1.807, 2.05) is 19.1 Å². The molecule has 1 aromatic heterocycles. The van der Waals surface area contributed by atoms with Crippen LogP contribution in [0.5, 0.6) is 0 Å². The summed E-state index contributed by atoms with van der Waals surface area (Å²) in [5, 5.41) is 3.66. The van der Waals surface area contributed by atoms with Gasteiger partial charge in [0.2, 0.25) is 0 Å². The zero-order valence-electron chi connectivity index (χ0n) is 11.9. The standard InChI is InChI=1S/C16H16BrClN2O/c1-3-10-5-6-14(18)13(4-2)15(10)20-16(21)11-7-12(17)9-19-8-11/h5-9H,3-4H2,1-2H3,(H,20,21). The Bertz CT molecular complexity index is 673. The maximum Gasteiger partial charge on any atom is 0.257 e. The van der Waals surface area contributed by atoms with Crippen LogP contribution in [0.3, 0.4) is 0 Å². The van der Waals surface area contributed by atoms with Gasteiger partial charge in [0.05, 0.1) is 5.56 Å². The molecule has 0 saturated heterocycles. The maximum absolute atomic E-state index is 12.4. The number of rotatable bonds is 4. The van der Waals surface area contributed by atoms with Crippen molar-refractivity contribution in [3.63, 3.8) is 0 Å². The van der Waals surface area contributed by atoms with Crippen molar-refractivity contribution < 1.29 is 4.79 Å². The van der Waals surface area contributed by atoms with Crippen molar-refractivity contribution in [3.05, 3.63) is 56.8 Å². The van der Waals surface area contributed by atoms with Gasteiger partial charge in [-0.25, -0.2) is 0 Å². The lowest BCUT2D eigenvalue weighted by atomic mass is 10.0. The monoisotopic (exact) mass is 366 g/mol. The summed E-state index contributed by atoms with van der Waals surface area (Å²) in [4.78, 5) is 16.4. The Morgan fingerprint density at radius 3 is 2.67 bits per heavy atom. The third-order valence-electron chi connectivity index (χ3n) is 3.28. The van der Waals surface area contributed by atoms with Crippen molar-refractivity contribution in [3.8, 4) is 0 Å². The van der Waals surface area contributed by atoms with Gasteiger partial charge in [-0.05, 0) is 52.0 Å². The van der Waals surface area contributed by atoms with Gasteiger partial charge in [0.1, 0.15) is 0 Å². The summed E-state index contributed by atoms with van der Waals surface area (Å²) < 4.78 is 0.771. The molecule has 3 nitrogen and oxygen atoms in total. The molecule has 0 aliphatic carbocycles. The number of anilines is 1. The number of amides is 1. The molecule has 2 aromatic rings. The number of halogens is 2. The number of pyridine rings is 1. The lowest BCUT2D eigenvalue weighted by Crippen LogP contribution is -2.15. The third kappa shape index (κ3) is 3.63. The predicted molar refractivity (Wildman–Crippen MR) is 90.1 cm³/mol. The van der Waals surface area contributed by atoms with E-state index in [2.05, 4.69) is 33.2 Å². The Balaban J connectivity index is 2.38. The third-order valence-corrected chi connectivity index (χ3v) is 4.07. The second-order valence-corrected chi connectivity index (χ2v) is 5.94. The van der Waals surface area contributed by atoms with Crippen molar-refractivity contribution in [1.29, 1.82) is 0 Å². The number of nitrogens with one attached hydrogen (secondary N) is 1. The molecule has 1 N–H and O–H groups in total. The van der Waals surface area contributed by atoms with Crippen molar-refractivity contribution in [2.24, 2.45) is 0 Å². The van der Waals surface area contributed by atoms with Gasteiger partial charge in [-0.3, -0.25) is 9.78 Å². The summed E-state index contributed by atoms with van der Waals surface area (Å²) in [6.45, 7) is 4.08. The lowest BCUT2D eigenvalue weighted by molar-refractivity contribution is 0.102. The topological polar surface area (TPSA) is 42.0 Å². The zero-order valence-corrected chi connectivity index (χ0v) is 14.3. The molecule has 0 atom stereocenters. The van der Waals surface area contributed by atoms with E-state index in [-0.39, 0.29) is 5.91 Å². The van der Waals surface area contributed by atoms with Crippen molar-refractivity contribution >= 4 is 39.1 Å². The highest BCUT2D eigenvalue weighted by Gasteiger charge is 2.14. The second-order valence-electron chi connectivity index (χ2n) is 4.61. The average molecular weight is 368 g/mol. The molecule has 0 fully saturated rings. The predicted octanol–water partition coefficient (Wildman–Crippen LogP) is 4.87. The number of hydrogen-bond donors (Lipinski definition) is 1. The quantitative estimate of drug-likeness (QED) is 0.837. The first kappa shape index (κ1) is 16.0. The van der Waals surface area contributed by atoms with E-state index in [1.54, 1.807) is 18.5 Å². The fourth-order valence-corrected chi connectivity index (χ4v) is 2.84. The lowest BCUT2D eigenvalue weighted by Gasteiger charge is -2.16. The summed E-state index contributed by atoms with van der Waals surface area (Å²) in [5.41, 5.74) is 3.37. The highest BCUT2D eigenvalue weighted by molar-refractivity contribution is 9.10. The van der Waals surface area contributed by atoms with Crippen LogP contribution in [0.15, 0.2) is 35.1 Å². The maximum atomic E-state index is 12.4. The number of aryl methyl sites for hydroxylation is 1. The molecule has 21 heavy (non-hydrogen) atoms. The molecule has 110 valence electrons. The number of nitrogens with zero attached hydrogens (tertiary/aromatic N) is 1. The van der Waals surface area contributed by atoms with E-state index in [0.29, 0.717) is 10.6 Å². The molecule has 0 spiro atoms. The molecule has 0 bridgehead atoms. The fourth-order valence-electron chi connectivity index (χ4n) is 2.19. The van der Waals surface area contributed by atoms with E-state index in [1.165, 1.54) is 0 Å². The highest BCUT2D eigenvalue weighted by atomic mass is 79.9. The molecule has 0 saturated carbocycles. The number of aromatic nitrogens is 1. The summed E-state index contributed by atoms with van der Waals surface area (Å²) in [6.07, 6.45) is 4.78. The van der Waals surface area contributed by atoms with E-state index >= 15 is 0 Å². The summed E-state index contributed by atoms with van der Waals surface area (Å²) >= 11 is 9.56. The van der Waals surface area contributed by atoms with Gasteiger partial charge < -0.3 is 5.32 Å². The summed E-state index contributed by atoms with van der Waals surface area (Å²) in [6, 6.07) is 5.58. The van der Waals surface area contributed by atoms with Crippen molar-refractivity contribution in [1.82, 2.24) is 4.98 Å². The molecular formula is C16H16BrClN2O. The van der Waals surface area contributed by atoms with Crippen LogP contribution < -0.4 is 5.32 Å². The minimum Gasteiger partial charge on any atom is -0.321 e. The molecule has 1 heterocycles.